The van der Waals surface area contributed by atoms with Crippen molar-refractivity contribution in [1.82, 2.24) is 9.88 Å². The van der Waals surface area contributed by atoms with Crippen LogP contribution in [-0.4, -0.2) is 33.5 Å². The van der Waals surface area contributed by atoms with Crippen molar-refractivity contribution in [2.75, 3.05) is 6.54 Å². The lowest BCUT2D eigenvalue weighted by Gasteiger charge is -2.21. The quantitative estimate of drug-likeness (QED) is 0.937. The maximum absolute atomic E-state index is 11.2. The Hall–Kier alpha value is -2.20. The van der Waals surface area contributed by atoms with Crippen molar-refractivity contribution in [3.8, 4) is 11.3 Å². The van der Waals surface area contributed by atoms with E-state index in [1.807, 2.05) is 41.3 Å². The number of pyridine rings is 1. The normalized spacial score (nSPS) is 18.8. The Morgan fingerprint density at radius 2 is 2.19 bits per heavy atom. The Bertz CT molecular complexity index is 628. The van der Waals surface area contributed by atoms with Crippen LogP contribution in [0.25, 0.3) is 11.3 Å². The maximum Gasteiger partial charge on any atom is 0.320 e. The van der Waals surface area contributed by atoms with Crippen LogP contribution in [0.1, 0.15) is 18.4 Å². The maximum atomic E-state index is 11.2. The van der Waals surface area contributed by atoms with E-state index in [-0.39, 0.29) is 6.04 Å². The Kier molecular flexibility index (Phi) is 3.97. The fourth-order valence-electron chi connectivity index (χ4n) is 2.89. The second-order valence-corrected chi connectivity index (χ2v) is 5.38. The third-order valence-corrected chi connectivity index (χ3v) is 3.92. The molecule has 1 saturated heterocycles. The summed E-state index contributed by atoms with van der Waals surface area (Å²) in [5, 5.41) is 9.24. The van der Waals surface area contributed by atoms with E-state index < -0.39 is 5.97 Å². The molecule has 108 valence electrons. The number of likely N-dealkylation sites (tertiary alicyclic amines) is 1. The number of aromatic nitrogens is 1. The summed E-state index contributed by atoms with van der Waals surface area (Å²) >= 11 is 0. The average Bonchev–Trinajstić information content (AvgIpc) is 2.97. The number of carboxylic acids is 1. The molecule has 0 bridgehead atoms. The highest BCUT2D eigenvalue weighted by Gasteiger charge is 2.30. The van der Waals surface area contributed by atoms with Crippen molar-refractivity contribution in [2.45, 2.75) is 25.4 Å². The van der Waals surface area contributed by atoms with Crippen LogP contribution >= 0.6 is 0 Å². The first-order valence-electron chi connectivity index (χ1n) is 7.21. The van der Waals surface area contributed by atoms with Gasteiger partial charge in [-0.3, -0.25) is 14.7 Å². The van der Waals surface area contributed by atoms with Gasteiger partial charge < -0.3 is 5.11 Å². The minimum atomic E-state index is -0.714. The van der Waals surface area contributed by atoms with Crippen LogP contribution in [-0.2, 0) is 11.3 Å². The summed E-state index contributed by atoms with van der Waals surface area (Å²) in [7, 11) is 0. The molecular formula is C17H18N2O2. The van der Waals surface area contributed by atoms with Crippen molar-refractivity contribution >= 4 is 5.97 Å². The summed E-state index contributed by atoms with van der Waals surface area (Å²) in [6, 6.07) is 13.7. The Morgan fingerprint density at radius 3 is 2.95 bits per heavy atom. The second kappa shape index (κ2) is 6.06. The zero-order valence-corrected chi connectivity index (χ0v) is 11.8. The summed E-state index contributed by atoms with van der Waals surface area (Å²) in [6.07, 6.45) is 3.48. The largest absolute Gasteiger partial charge is 0.480 e. The molecule has 2 aromatic rings. The molecule has 1 N–H and O–H groups in total. The van der Waals surface area contributed by atoms with E-state index in [2.05, 4.69) is 11.1 Å². The molecular weight excluding hydrogens is 264 g/mol. The summed E-state index contributed by atoms with van der Waals surface area (Å²) in [5.74, 6) is -0.714. The molecule has 0 aliphatic carbocycles. The van der Waals surface area contributed by atoms with E-state index in [1.54, 1.807) is 6.20 Å². The summed E-state index contributed by atoms with van der Waals surface area (Å²) in [4.78, 5) is 17.6. The first-order valence-corrected chi connectivity index (χ1v) is 7.21. The van der Waals surface area contributed by atoms with E-state index in [4.69, 9.17) is 0 Å². The summed E-state index contributed by atoms with van der Waals surface area (Å²) < 4.78 is 0. The van der Waals surface area contributed by atoms with Crippen molar-refractivity contribution in [2.24, 2.45) is 0 Å². The van der Waals surface area contributed by atoms with Crippen molar-refractivity contribution in [3.63, 3.8) is 0 Å². The van der Waals surface area contributed by atoms with Gasteiger partial charge >= 0.3 is 5.97 Å². The molecule has 1 atom stereocenters. The molecule has 0 amide bonds. The molecule has 0 saturated carbocycles. The Morgan fingerprint density at radius 1 is 1.29 bits per heavy atom. The Balaban J connectivity index is 1.79. The third kappa shape index (κ3) is 3.11. The van der Waals surface area contributed by atoms with Gasteiger partial charge in [0.25, 0.3) is 0 Å². The first-order chi connectivity index (χ1) is 10.2. The fourth-order valence-corrected chi connectivity index (χ4v) is 2.89. The number of carbonyl (C=O) groups is 1. The molecule has 4 heteroatoms. The minimum absolute atomic E-state index is 0.344. The number of nitrogens with zero attached hydrogens (tertiary/aromatic N) is 2. The number of rotatable bonds is 4. The van der Waals surface area contributed by atoms with E-state index in [0.717, 1.165) is 36.2 Å². The lowest BCUT2D eigenvalue weighted by Crippen LogP contribution is -2.35. The number of hydrogen-bond donors (Lipinski definition) is 1. The number of carboxylic acid groups (broad SMARTS) is 1. The SMILES string of the molecule is O=C(O)[C@@H]1CCCN1Cc1cccc(-c2ccccn2)c1. The molecule has 0 spiro atoms. The van der Waals surface area contributed by atoms with Crippen molar-refractivity contribution in [3.05, 3.63) is 54.2 Å². The fraction of sp³-hybridized carbons (Fsp3) is 0.294. The van der Waals surface area contributed by atoms with Crippen LogP contribution < -0.4 is 0 Å². The van der Waals surface area contributed by atoms with Crippen LogP contribution in [0.5, 0.6) is 0 Å². The highest BCUT2D eigenvalue weighted by molar-refractivity contribution is 5.73. The van der Waals surface area contributed by atoms with Gasteiger partial charge in [-0.2, -0.15) is 0 Å². The predicted molar refractivity (Wildman–Crippen MR) is 80.7 cm³/mol. The molecule has 1 aliphatic heterocycles. The monoisotopic (exact) mass is 282 g/mol. The minimum Gasteiger partial charge on any atom is -0.480 e. The highest BCUT2D eigenvalue weighted by Crippen LogP contribution is 2.23. The van der Waals surface area contributed by atoms with E-state index in [0.29, 0.717) is 6.54 Å². The van der Waals surface area contributed by atoms with Crippen LogP contribution in [0.3, 0.4) is 0 Å². The zero-order chi connectivity index (χ0) is 14.7. The molecule has 1 aromatic carbocycles. The average molecular weight is 282 g/mol. The van der Waals surface area contributed by atoms with Gasteiger partial charge in [0, 0.05) is 18.3 Å². The van der Waals surface area contributed by atoms with Gasteiger partial charge in [0.05, 0.1) is 5.69 Å². The van der Waals surface area contributed by atoms with Crippen LogP contribution in [0, 0.1) is 0 Å². The molecule has 0 radical (unpaired) electrons. The van der Waals surface area contributed by atoms with Gasteiger partial charge in [-0.1, -0.05) is 24.3 Å². The predicted octanol–water partition coefficient (Wildman–Crippen LogP) is 2.80. The molecule has 21 heavy (non-hydrogen) atoms. The summed E-state index contributed by atoms with van der Waals surface area (Å²) in [6.45, 7) is 1.53. The lowest BCUT2D eigenvalue weighted by atomic mass is 10.1. The number of benzene rings is 1. The molecule has 0 unspecified atom stereocenters. The number of hydrogen-bond acceptors (Lipinski definition) is 3. The van der Waals surface area contributed by atoms with E-state index in [9.17, 15) is 9.90 Å². The second-order valence-electron chi connectivity index (χ2n) is 5.38. The molecule has 3 rings (SSSR count). The van der Waals surface area contributed by atoms with Gasteiger partial charge in [-0.15, -0.1) is 0 Å². The van der Waals surface area contributed by atoms with Gasteiger partial charge in [0.1, 0.15) is 6.04 Å². The van der Waals surface area contributed by atoms with E-state index >= 15 is 0 Å². The van der Waals surface area contributed by atoms with Gasteiger partial charge in [0.15, 0.2) is 0 Å². The van der Waals surface area contributed by atoms with Crippen molar-refractivity contribution < 1.29 is 9.90 Å². The van der Waals surface area contributed by atoms with E-state index in [1.165, 1.54) is 0 Å². The van der Waals surface area contributed by atoms with Crippen LogP contribution in [0.15, 0.2) is 48.7 Å². The molecule has 1 fully saturated rings. The lowest BCUT2D eigenvalue weighted by molar-refractivity contribution is -0.142. The van der Waals surface area contributed by atoms with Crippen LogP contribution in [0.2, 0.25) is 0 Å². The highest BCUT2D eigenvalue weighted by atomic mass is 16.4. The van der Waals surface area contributed by atoms with Crippen molar-refractivity contribution in [1.29, 1.82) is 0 Å². The standard InChI is InChI=1S/C17H18N2O2/c20-17(21)16-8-4-10-19(16)12-13-5-3-6-14(11-13)15-7-1-2-9-18-15/h1-3,5-7,9,11,16H,4,8,10,12H2,(H,20,21)/t16-/m0/s1. The Labute approximate surface area is 124 Å². The number of aliphatic carboxylic acids is 1. The van der Waals surface area contributed by atoms with Gasteiger partial charge in [-0.25, -0.2) is 0 Å². The molecule has 4 nitrogen and oxygen atoms in total. The topological polar surface area (TPSA) is 53.4 Å². The molecule has 2 heterocycles. The molecule has 1 aromatic heterocycles. The van der Waals surface area contributed by atoms with Gasteiger partial charge in [-0.05, 0) is 43.1 Å². The smallest absolute Gasteiger partial charge is 0.320 e. The molecule has 1 aliphatic rings. The first kappa shape index (κ1) is 13.8. The third-order valence-electron chi connectivity index (χ3n) is 3.92. The summed E-state index contributed by atoms with van der Waals surface area (Å²) in [5.41, 5.74) is 3.14. The zero-order valence-electron chi connectivity index (χ0n) is 11.8. The van der Waals surface area contributed by atoms with Crippen LogP contribution in [0.4, 0.5) is 0 Å². The van der Waals surface area contributed by atoms with Gasteiger partial charge in [0.2, 0.25) is 0 Å².